The summed E-state index contributed by atoms with van der Waals surface area (Å²) >= 11 is 3.32. The highest BCUT2D eigenvalue weighted by Crippen LogP contribution is 2.20. The molecule has 0 N–H and O–H groups in total. The Labute approximate surface area is 96.3 Å². The van der Waals surface area contributed by atoms with Gasteiger partial charge in [0.05, 0.1) is 4.47 Å². The van der Waals surface area contributed by atoms with Gasteiger partial charge in [-0.3, -0.25) is 0 Å². The lowest BCUT2D eigenvalue weighted by Gasteiger charge is -2.05. The second-order valence-electron chi connectivity index (χ2n) is 2.95. The van der Waals surface area contributed by atoms with Crippen molar-refractivity contribution in [3.05, 3.63) is 52.9 Å². The highest BCUT2D eigenvalue weighted by atomic mass is 79.9. The molecule has 0 unspecified atom stereocenters. The molecule has 1 heterocycles. The molecule has 0 saturated heterocycles. The maximum atomic E-state index is 5.52. The van der Waals surface area contributed by atoms with Crippen LogP contribution in [-0.2, 0) is 6.61 Å². The predicted octanol–water partition coefficient (Wildman–Crippen LogP) is 2.82. The highest BCUT2D eigenvalue weighted by molar-refractivity contribution is 9.10. The first-order chi connectivity index (χ1) is 7.36. The van der Waals surface area contributed by atoms with Crippen molar-refractivity contribution in [2.24, 2.45) is 0 Å². The molecule has 76 valence electrons. The third-order valence-electron chi connectivity index (χ3n) is 1.85. The van der Waals surface area contributed by atoms with E-state index < -0.39 is 0 Å². The van der Waals surface area contributed by atoms with E-state index in [2.05, 4.69) is 25.9 Å². The lowest BCUT2D eigenvalue weighted by molar-refractivity contribution is 0.291. The minimum Gasteiger partial charge on any atom is -0.472 e. The third kappa shape index (κ3) is 2.76. The maximum absolute atomic E-state index is 5.52. The number of aromatic nitrogens is 2. The van der Waals surface area contributed by atoms with E-state index in [1.54, 1.807) is 6.20 Å². The third-order valence-corrected chi connectivity index (χ3v) is 2.40. The largest absolute Gasteiger partial charge is 0.472 e. The van der Waals surface area contributed by atoms with Gasteiger partial charge in [0.25, 0.3) is 0 Å². The maximum Gasteiger partial charge on any atom is 0.231 e. The summed E-state index contributed by atoms with van der Waals surface area (Å²) in [5.41, 5.74) is 1.11. The van der Waals surface area contributed by atoms with Crippen molar-refractivity contribution in [3.63, 3.8) is 0 Å². The molecule has 0 fully saturated rings. The summed E-state index contributed by atoms with van der Waals surface area (Å²) in [4.78, 5) is 7.88. The number of halogens is 1. The van der Waals surface area contributed by atoms with E-state index in [0.29, 0.717) is 12.5 Å². The SMILES string of the molecule is Brc1cncnc1OCc1ccccc1. The minimum absolute atomic E-state index is 0.510. The fraction of sp³-hybridized carbons (Fsp3) is 0.0909. The zero-order valence-corrected chi connectivity index (χ0v) is 9.52. The molecular formula is C11H9BrN2O. The second-order valence-corrected chi connectivity index (χ2v) is 3.80. The number of ether oxygens (including phenoxy) is 1. The standard InChI is InChI=1S/C11H9BrN2O/c12-10-6-13-8-14-11(10)15-7-9-4-2-1-3-5-9/h1-6,8H,7H2. The minimum atomic E-state index is 0.510. The van der Waals surface area contributed by atoms with Crippen molar-refractivity contribution < 1.29 is 4.74 Å². The van der Waals surface area contributed by atoms with Crippen molar-refractivity contribution in [2.75, 3.05) is 0 Å². The topological polar surface area (TPSA) is 35.0 Å². The van der Waals surface area contributed by atoms with Crippen LogP contribution in [-0.4, -0.2) is 9.97 Å². The van der Waals surface area contributed by atoms with Gasteiger partial charge in [-0.05, 0) is 21.5 Å². The van der Waals surface area contributed by atoms with Gasteiger partial charge in [-0.2, -0.15) is 0 Å². The second kappa shape index (κ2) is 4.89. The smallest absolute Gasteiger partial charge is 0.231 e. The van der Waals surface area contributed by atoms with E-state index in [1.807, 2.05) is 30.3 Å². The van der Waals surface area contributed by atoms with Gasteiger partial charge in [-0.1, -0.05) is 30.3 Å². The molecule has 0 bridgehead atoms. The molecule has 1 aromatic carbocycles. The summed E-state index contributed by atoms with van der Waals surface area (Å²) in [6.07, 6.45) is 3.12. The Hall–Kier alpha value is -1.42. The molecule has 15 heavy (non-hydrogen) atoms. The predicted molar refractivity (Wildman–Crippen MR) is 60.5 cm³/mol. The summed E-state index contributed by atoms with van der Waals surface area (Å²) in [5.74, 6) is 0.564. The Morgan fingerprint density at radius 3 is 2.73 bits per heavy atom. The number of nitrogens with zero attached hydrogens (tertiary/aromatic N) is 2. The zero-order valence-electron chi connectivity index (χ0n) is 7.93. The van der Waals surface area contributed by atoms with Crippen LogP contribution >= 0.6 is 15.9 Å². The molecule has 4 heteroatoms. The van der Waals surface area contributed by atoms with Crippen LogP contribution in [0.15, 0.2) is 47.3 Å². The fourth-order valence-corrected chi connectivity index (χ4v) is 1.47. The van der Waals surface area contributed by atoms with E-state index >= 15 is 0 Å². The van der Waals surface area contributed by atoms with Crippen molar-refractivity contribution in [3.8, 4) is 5.88 Å². The summed E-state index contributed by atoms with van der Waals surface area (Å²) < 4.78 is 6.29. The number of hydrogen-bond acceptors (Lipinski definition) is 3. The summed E-state index contributed by atoms with van der Waals surface area (Å²) in [6.45, 7) is 0.510. The quantitative estimate of drug-likeness (QED) is 0.855. The molecule has 3 nitrogen and oxygen atoms in total. The number of hydrogen-bond donors (Lipinski definition) is 0. The average molecular weight is 265 g/mol. The van der Waals surface area contributed by atoms with Gasteiger partial charge in [0, 0.05) is 6.20 Å². The van der Waals surface area contributed by atoms with Crippen LogP contribution in [0.3, 0.4) is 0 Å². The molecule has 0 saturated carbocycles. The van der Waals surface area contributed by atoms with E-state index in [4.69, 9.17) is 4.74 Å². The number of benzene rings is 1. The Balaban J connectivity index is 2.03. The van der Waals surface area contributed by atoms with Crippen molar-refractivity contribution in [2.45, 2.75) is 6.61 Å². The van der Waals surface area contributed by atoms with E-state index in [-0.39, 0.29) is 0 Å². The van der Waals surface area contributed by atoms with Crippen LogP contribution in [0.5, 0.6) is 5.88 Å². The molecule has 1 aromatic heterocycles. The molecule has 0 amide bonds. The molecule has 0 aliphatic carbocycles. The summed E-state index contributed by atoms with van der Waals surface area (Å²) in [5, 5.41) is 0. The molecule has 0 aliphatic rings. The molecule has 0 aliphatic heterocycles. The van der Waals surface area contributed by atoms with Gasteiger partial charge in [0.2, 0.25) is 5.88 Å². The first-order valence-electron chi connectivity index (χ1n) is 4.48. The van der Waals surface area contributed by atoms with Gasteiger partial charge in [-0.15, -0.1) is 0 Å². The van der Waals surface area contributed by atoms with Gasteiger partial charge in [-0.25, -0.2) is 9.97 Å². The van der Waals surface area contributed by atoms with Crippen LogP contribution in [0.4, 0.5) is 0 Å². The van der Waals surface area contributed by atoms with Gasteiger partial charge in [0.1, 0.15) is 12.9 Å². The molecule has 0 radical (unpaired) electrons. The first kappa shape index (κ1) is 10.1. The zero-order chi connectivity index (χ0) is 10.5. The summed E-state index contributed by atoms with van der Waals surface area (Å²) in [6, 6.07) is 9.95. The van der Waals surface area contributed by atoms with E-state index in [0.717, 1.165) is 10.0 Å². The van der Waals surface area contributed by atoms with Crippen LogP contribution in [0.1, 0.15) is 5.56 Å². The summed E-state index contributed by atoms with van der Waals surface area (Å²) in [7, 11) is 0. The van der Waals surface area contributed by atoms with E-state index in [1.165, 1.54) is 6.33 Å². The van der Waals surface area contributed by atoms with E-state index in [9.17, 15) is 0 Å². The lowest BCUT2D eigenvalue weighted by Crippen LogP contribution is -1.97. The van der Waals surface area contributed by atoms with Gasteiger partial charge >= 0.3 is 0 Å². The van der Waals surface area contributed by atoms with Crippen LogP contribution in [0, 0.1) is 0 Å². The monoisotopic (exact) mass is 264 g/mol. The molecule has 0 spiro atoms. The van der Waals surface area contributed by atoms with Crippen LogP contribution < -0.4 is 4.74 Å². The van der Waals surface area contributed by atoms with Crippen molar-refractivity contribution in [1.29, 1.82) is 0 Å². The normalized spacial score (nSPS) is 9.93. The average Bonchev–Trinajstić information content (AvgIpc) is 2.29. The molecule has 2 aromatic rings. The van der Waals surface area contributed by atoms with Crippen molar-refractivity contribution in [1.82, 2.24) is 9.97 Å². The Morgan fingerprint density at radius 2 is 2.00 bits per heavy atom. The highest BCUT2D eigenvalue weighted by Gasteiger charge is 2.01. The first-order valence-corrected chi connectivity index (χ1v) is 5.28. The molecule has 2 rings (SSSR count). The van der Waals surface area contributed by atoms with Crippen molar-refractivity contribution >= 4 is 15.9 Å². The van der Waals surface area contributed by atoms with Crippen LogP contribution in [0.2, 0.25) is 0 Å². The lowest BCUT2D eigenvalue weighted by atomic mass is 10.2. The molecular weight excluding hydrogens is 256 g/mol. The Bertz CT molecular complexity index is 434. The fourth-order valence-electron chi connectivity index (χ4n) is 1.13. The Morgan fingerprint density at radius 1 is 1.20 bits per heavy atom. The van der Waals surface area contributed by atoms with Gasteiger partial charge in [0.15, 0.2) is 0 Å². The Kier molecular flexibility index (Phi) is 3.29. The van der Waals surface area contributed by atoms with Gasteiger partial charge < -0.3 is 4.74 Å². The number of rotatable bonds is 3. The molecule has 0 atom stereocenters. The van der Waals surface area contributed by atoms with Crippen LogP contribution in [0.25, 0.3) is 0 Å².